The zero-order valence-electron chi connectivity index (χ0n) is 2.47. The Bertz CT molecular complexity index is 3.25. The van der Waals surface area contributed by atoms with E-state index in [9.17, 15) is 0 Å². The molecule has 0 aromatic heterocycles. The third-order valence-corrected chi connectivity index (χ3v) is 0. The van der Waals surface area contributed by atoms with Gasteiger partial charge in [0.25, 0.3) is 0 Å². The van der Waals surface area contributed by atoms with Crippen molar-refractivity contribution in [1.29, 1.82) is 0 Å². The van der Waals surface area contributed by atoms with Gasteiger partial charge in [0, 0.05) is 0 Å². The van der Waals surface area contributed by atoms with Gasteiger partial charge in [-0.2, -0.15) is 0 Å². The van der Waals surface area contributed by atoms with Gasteiger partial charge < -0.3 is 20.3 Å². The molecule has 0 saturated heterocycles. The topological polar surface area (TPSA) is 0 Å². The van der Waals surface area contributed by atoms with E-state index in [-0.39, 0.29) is 19.5 Å². The molecule has 0 aliphatic carbocycles. The third kappa shape index (κ3) is 17.8. The van der Waals surface area contributed by atoms with Crippen LogP contribution in [0, 0.1) is 13.8 Å². The van der Waals surface area contributed by atoms with Crippen molar-refractivity contribution in [2.75, 3.05) is 0 Å². The Balaban J connectivity index is 0. The second-order valence-electron chi connectivity index (χ2n) is 0.354. The first-order valence-electron chi connectivity index (χ1n) is 1.000. The molecule has 0 aromatic carbocycles. The molecular weight excluding hydrogens is 137 g/mol. The molecule has 26 valence electrons. The van der Waals surface area contributed by atoms with Crippen molar-refractivity contribution in [3.8, 4) is 0 Å². The molecule has 0 unspecified atom stereocenters. The van der Waals surface area contributed by atoms with Crippen LogP contribution in [-0.2, 0) is 19.5 Å². The van der Waals surface area contributed by atoms with E-state index in [1.165, 1.54) is 0 Å². The maximum absolute atomic E-state index is 3.38. The molecule has 0 nitrogen and oxygen atoms in total. The molecule has 0 fully saturated rings. The fourth-order valence-electron chi connectivity index (χ4n) is 0. The van der Waals surface area contributed by atoms with E-state index in [4.69, 9.17) is 0 Å². The summed E-state index contributed by atoms with van der Waals surface area (Å²) in [5.41, 5.74) is 0. The van der Waals surface area contributed by atoms with Gasteiger partial charge in [-0.3, -0.25) is 0 Å². The second kappa shape index (κ2) is 9.46. The molecule has 4 heavy (non-hydrogen) atoms. The van der Waals surface area contributed by atoms with Crippen molar-refractivity contribution in [2.24, 2.45) is 0 Å². The van der Waals surface area contributed by atoms with Gasteiger partial charge in [-0.05, 0) is 0 Å². The summed E-state index contributed by atoms with van der Waals surface area (Å²) in [6, 6.07) is 0. The Morgan fingerprint density at radius 2 is 1.25 bits per heavy atom. The summed E-state index contributed by atoms with van der Waals surface area (Å²) in [6.45, 7) is 6.75. The Labute approximate surface area is 40.4 Å². The van der Waals surface area contributed by atoms with Crippen LogP contribution in [0.15, 0.2) is 0 Å². The quantitative estimate of drug-likeness (QED) is 0.351. The van der Waals surface area contributed by atoms with E-state index in [2.05, 4.69) is 13.8 Å². The Kier molecular flexibility index (Phi) is 20.9. The van der Waals surface area contributed by atoms with E-state index in [0.717, 1.165) is 6.42 Å². The zero-order valence-corrected chi connectivity index (χ0v) is 4.21. The summed E-state index contributed by atoms with van der Waals surface area (Å²) in [5, 5.41) is 0. The van der Waals surface area contributed by atoms with Crippen molar-refractivity contribution in [2.45, 2.75) is 6.42 Å². The van der Waals surface area contributed by atoms with E-state index in [0.29, 0.717) is 0 Å². The molecule has 0 amide bonds. The average Bonchev–Trinajstić information content (AvgIpc) is 0.918. The summed E-state index contributed by atoms with van der Waals surface area (Å²) < 4.78 is 0. The summed E-state index contributed by atoms with van der Waals surface area (Å²) in [4.78, 5) is 0. The first kappa shape index (κ1) is 8.82. The molecule has 1 heteroatoms. The van der Waals surface area contributed by atoms with E-state index < -0.39 is 0 Å². The van der Waals surface area contributed by atoms with Crippen LogP contribution in [0.4, 0.5) is 0 Å². The first-order chi connectivity index (χ1) is 1.41. The summed E-state index contributed by atoms with van der Waals surface area (Å²) in [6.07, 6.45) is 0.750. The fraction of sp³-hybridized carbons (Fsp3) is 0.333. The number of hydrogen-bond donors (Lipinski definition) is 0. The Morgan fingerprint density at radius 3 is 1.25 bits per heavy atom. The first-order valence-corrected chi connectivity index (χ1v) is 1.000. The average molecular weight is 143 g/mol. The van der Waals surface area contributed by atoms with Crippen molar-refractivity contribution >= 4 is 0 Å². The minimum Gasteiger partial charge on any atom is -0.372 e. The molecule has 0 N–H and O–H groups in total. The van der Waals surface area contributed by atoms with Crippen LogP contribution in [0.5, 0.6) is 0 Å². The van der Waals surface area contributed by atoms with Crippen LogP contribution in [0.25, 0.3) is 0 Å². The standard InChI is InChI=1S/C3H6.Ru/c1-3-2;/h1-3H2;/q-2;+2. The van der Waals surface area contributed by atoms with Crippen LogP contribution in [0.2, 0.25) is 0 Å². The van der Waals surface area contributed by atoms with Gasteiger partial charge in [0.05, 0.1) is 0 Å². The molecule has 0 bridgehead atoms. The third-order valence-electron chi connectivity index (χ3n) is 0. The molecule has 0 spiro atoms. The van der Waals surface area contributed by atoms with E-state index in [1.807, 2.05) is 0 Å². The van der Waals surface area contributed by atoms with Gasteiger partial charge in [-0.1, -0.05) is 0 Å². The largest absolute Gasteiger partial charge is 2.00 e. The SMILES string of the molecule is [CH2-]C[CH2-].[Ru+2]. The minimum atomic E-state index is 0. The van der Waals surface area contributed by atoms with Gasteiger partial charge in [0.1, 0.15) is 0 Å². The normalized spacial score (nSPS) is 4.50. The maximum Gasteiger partial charge on any atom is 2.00 e. The fourth-order valence-corrected chi connectivity index (χ4v) is 0. The molecule has 0 atom stereocenters. The predicted molar refractivity (Wildman–Crippen MR) is 15.3 cm³/mol. The monoisotopic (exact) mass is 144 g/mol. The van der Waals surface area contributed by atoms with Crippen LogP contribution < -0.4 is 0 Å². The molecule has 0 aliphatic rings. The van der Waals surface area contributed by atoms with Gasteiger partial charge in [0.15, 0.2) is 0 Å². The Hall–Kier alpha value is 0.623. The molecule has 0 aromatic rings. The van der Waals surface area contributed by atoms with Crippen molar-refractivity contribution < 1.29 is 19.5 Å². The van der Waals surface area contributed by atoms with Crippen LogP contribution in [-0.4, -0.2) is 0 Å². The van der Waals surface area contributed by atoms with Gasteiger partial charge in [0.2, 0.25) is 0 Å². The number of hydrogen-bond acceptors (Lipinski definition) is 0. The predicted octanol–water partition coefficient (Wildman–Crippen LogP) is 1.04. The Morgan fingerprint density at radius 1 is 1.25 bits per heavy atom. The van der Waals surface area contributed by atoms with Crippen LogP contribution in [0.1, 0.15) is 6.42 Å². The second-order valence-corrected chi connectivity index (χ2v) is 0.354. The molecular formula is C3H6Ru. The van der Waals surface area contributed by atoms with Crippen LogP contribution >= 0.6 is 0 Å². The summed E-state index contributed by atoms with van der Waals surface area (Å²) in [7, 11) is 0. The van der Waals surface area contributed by atoms with Gasteiger partial charge in [-0.25, -0.2) is 0 Å². The van der Waals surface area contributed by atoms with Crippen molar-refractivity contribution in [3.63, 3.8) is 0 Å². The van der Waals surface area contributed by atoms with Crippen molar-refractivity contribution in [3.05, 3.63) is 13.8 Å². The van der Waals surface area contributed by atoms with Gasteiger partial charge >= 0.3 is 19.5 Å². The van der Waals surface area contributed by atoms with E-state index in [1.54, 1.807) is 0 Å². The minimum absolute atomic E-state index is 0. The molecule has 0 heterocycles. The molecule has 0 saturated carbocycles. The molecule has 0 rings (SSSR count). The zero-order chi connectivity index (χ0) is 2.71. The van der Waals surface area contributed by atoms with Crippen molar-refractivity contribution in [1.82, 2.24) is 0 Å². The number of rotatable bonds is 0. The van der Waals surface area contributed by atoms with E-state index >= 15 is 0 Å². The molecule has 0 aliphatic heterocycles. The molecule has 0 radical (unpaired) electrons. The smallest absolute Gasteiger partial charge is 0.372 e. The maximum atomic E-state index is 3.38. The van der Waals surface area contributed by atoms with Crippen LogP contribution in [0.3, 0.4) is 0 Å². The summed E-state index contributed by atoms with van der Waals surface area (Å²) >= 11 is 0. The summed E-state index contributed by atoms with van der Waals surface area (Å²) in [5.74, 6) is 0. The van der Waals surface area contributed by atoms with Gasteiger partial charge in [-0.15, -0.1) is 0 Å².